The van der Waals surface area contributed by atoms with Crippen molar-refractivity contribution in [3.8, 4) is 5.75 Å². The summed E-state index contributed by atoms with van der Waals surface area (Å²) in [6.45, 7) is 1.35. The van der Waals surface area contributed by atoms with Gasteiger partial charge in [0.1, 0.15) is 11.6 Å². The van der Waals surface area contributed by atoms with Gasteiger partial charge in [0.2, 0.25) is 5.91 Å². The largest absolute Gasteiger partial charge is 0.497 e. The molecule has 0 aliphatic heterocycles. The van der Waals surface area contributed by atoms with Crippen LogP contribution in [0.5, 0.6) is 5.75 Å². The average Bonchev–Trinajstić information content (AvgIpc) is 3.09. The van der Waals surface area contributed by atoms with Gasteiger partial charge in [-0.1, -0.05) is 42.5 Å². The summed E-state index contributed by atoms with van der Waals surface area (Å²) in [5, 5.41) is 2.96. The van der Waals surface area contributed by atoms with Crippen LogP contribution in [0.4, 0.5) is 0 Å². The van der Waals surface area contributed by atoms with Crippen molar-refractivity contribution < 1.29 is 9.53 Å². The highest BCUT2D eigenvalue weighted by molar-refractivity contribution is 5.78. The van der Waals surface area contributed by atoms with Crippen LogP contribution in [0.3, 0.4) is 0 Å². The molecule has 3 rings (SSSR count). The molecule has 0 aliphatic rings. The summed E-state index contributed by atoms with van der Waals surface area (Å²) in [5.41, 5.74) is 2.17. The maximum atomic E-state index is 12.1. The normalized spacial score (nSPS) is 10.5. The van der Waals surface area contributed by atoms with Crippen LogP contribution in [0.1, 0.15) is 17.0 Å². The number of carbonyl (C=O) groups is 1. The number of hydrogen-bond acceptors (Lipinski definition) is 3. The number of rotatable bonds is 8. The number of methoxy groups -OCH3 is 1. The Morgan fingerprint density at radius 2 is 1.92 bits per heavy atom. The van der Waals surface area contributed by atoms with Crippen LogP contribution in [-0.4, -0.2) is 29.1 Å². The van der Waals surface area contributed by atoms with E-state index in [4.69, 9.17) is 4.74 Å². The molecule has 0 aliphatic carbocycles. The van der Waals surface area contributed by atoms with Gasteiger partial charge in [0.15, 0.2) is 0 Å². The first kappa shape index (κ1) is 17.7. The number of hydrogen-bond donors (Lipinski definition) is 1. The average molecular weight is 349 g/mol. The van der Waals surface area contributed by atoms with E-state index in [-0.39, 0.29) is 5.91 Å². The monoisotopic (exact) mass is 349 g/mol. The van der Waals surface area contributed by atoms with E-state index in [9.17, 15) is 4.79 Å². The van der Waals surface area contributed by atoms with Gasteiger partial charge < -0.3 is 14.6 Å². The fraction of sp³-hybridized carbons (Fsp3) is 0.238. The fourth-order valence-electron chi connectivity index (χ4n) is 2.84. The molecule has 0 unspecified atom stereocenters. The standard InChI is InChI=1S/C21H23N3O2/c1-26-19-9-5-8-18(14-19)15-21(25)23-11-10-20-22-12-13-24(20)16-17-6-3-2-4-7-17/h2-9,12-14H,10-11,15-16H2,1H3,(H,23,25). The van der Waals surface area contributed by atoms with Gasteiger partial charge in [0, 0.05) is 31.9 Å². The predicted octanol–water partition coefficient (Wildman–Crippen LogP) is 2.84. The number of nitrogens with one attached hydrogen (secondary N) is 1. The zero-order valence-electron chi connectivity index (χ0n) is 14.9. The molecule has 2 aromatic carbocycles. The maximum Gasteiger partial charge on any atom is 0.224 e. The highest BCUT2D eigenvalue weighted by atomic mass is 16.5. The van der Waals surface area contributed by atoms with E-state index < -0.39 is 0 Å². The van der Waals surface area contributed by atoms with Gasteiger partial charge in [0.05, 0.1) is 13.5 Å². The molecule has 0 radical (unpaired) electrons. The van der Waals surface area contributed by atoms with E-state index in [1.54, 1.807) is 13.3 Å². The van der Waals surface area contributed by atoms with Gasteiger partial charge in [-0.05, 0) is 23.3 Å². The van der Waals surface area contributed by atoms with Crippen molar-refractivity contribution in [1.82, 2.24) is 14.9 Å². The quantitative estimate of drug-likeness (QED) is 0.680. The van der Waals surface area contributed by atoms with Crippen molar-refractivity contribution in [2.45, 2.75) is 19.4 Å². The Labute approximate surface area is 153 Å². The van der Waals surface area contributed by atoms with Crippen LogP contribution in [0, 0.1) is 0 Å². The Morgan fingerprint density at radius 3 is 2.73 bits per heavy atom. The molecule has 1 aromatic heterocycles. The summed E-state index contributed by atoms with van der Waals surface area (Å²) >= 11 is 0. The zero-order valence-corrected chi connectivity index (χ0v) is 14.9. The van der Waals surface area contributed by atoms with Gasteiger partial charge in [-0.15, -0.1) is 0 Å². The molecule has 0 bridgehead atoms. The minimum absolute atomic E-state index is 0.000538. The number of nitrogens with zero attached hydrogens (tertiary/aromatic N) is 2. The summed E-state index contributed by atoms with van der Waals surface area (Å²) in [6.07, 6.45) is 4.82. The van der Waals surface area contributed by atoms with E-state index in [1.807, 2.05) is 48.7 Å². The molecule has 3 aromatic rings. The topological polar surface area (TPSA) is 56.1 Å². The van der Waals surface area contributed by atoms with Crippen LogP contribution in [0.2, 0.25) is 0 Å². The molecule has 1 N–H and O–H groups in total. The molecule has 1 amide bonds. The van der Waals surface area contributed by atoms with Crippen LogP contribution in [0.25, 0.3) is 0 Å². The van der Waals surface area contributed by atoms with Crippen LogP contribution < -0.4 is 10.1 Å². The van der Waals surface area contributed by atoms with Crippen molar-refractivity contribution in [1.29, 1.82) is 0 Å². The van der Waals surface area contributed by atoms with Crippen molar-refractivity contribution in [2.24, 2.45) is 0 Å². The van der Waals surface area contributed by atoms with Crippen LogP contribution in [-0.2, 0) is 24.2 Å². The molecular weight excluding hydrogens is 326 g/mol. The second-order valence-electron chi connectivity index (χ2n) is 6.09. The number of amides is 1. The number of carbonyl (C=O) groups excluding carboxylic acids is 1. The van der Waals surface area contributed by atoms with Gasteiger partial charge in [-0.2, -0.15) is 0 Å². The molecular formula is C21H23N3O2. The van der Waals surface area contributed by atoms with E-state index in [0.717, 1.165) is 23.7 Å². The van der Waals surface area contributed by atoms with Gasteiger partial charge in [0.25, 0.3) is 0 Å². The van der Waals surface area contributed by atoms with E-state index in [0.29, 0.717) is 19.4 Å². The van der Waals surface area contributed by atoms with Crippen LogP contribution >= 0.6 is 0 Å². The molecule has 0 saturated heterocycles. The molecule has 5 heteroatoms. The number of imidazole rings is 1. The molecule has 0 spiro atoms. The highest BCUT2D eigenvalue weighted by Gasteiger charge is 2.07. The molecule has 0 atom stereocenters. The lowest BCUT2D eigenvalue weighted by atomic mass is 10.1. The lowest BCUT2D eigenvalue weighted by Crippen LogP contribution is -2.28. The van der Waals surface area contributed by atoms with Crippen molar-refractivity contribution in [3.05, 3.63) is 83.9 Å². The molecule has 0 saturated carbocycles. The lowest BCUT2D eigenvalue weighted by molar-refractivity contribution is -0.120. The van der Waals surface area contributed by atoms with Gasteiger partial charge in [-0.3, -0.25) is 4.79 Å². The second kappa shape index (κ2) is 8.85. The number of benzene rings is 2. The number of aromatic nitrogens is 2. The third kappa shape index (κ3) is 4.96. The Hall–Kier alpha value is -3.08. The minimum atomic E-state index is -0.000538. The van der Waals surface area contributed by atoms with Gasteiger partial charge in [-0.25, -0.2) is 4.98 Å². The first-order chi connectivity index (χ1) is 12.7. The summed E-state index contributed by atoms with van der Waals surface area (Å²) < 4.78 is 7.30. The highest BCUT2D eigenvalue weighted by Crippen LogP contribution is 2.12. The van der Waals surface area contributed by atoms with Crippen molar-refractivity contribution in [3.63, 3.8) is 0 Å². The van der Waals surface area contributed by atoms with E-state index in [1.165, 1.54) is 5.56 Å². The Balaban J connectivity index is 1.49. The van der Waals surface area contributed by atoms with E-state index in [2.05, 4.69) is 27.0 Å². The van der Waals surface area contributed by atoms with E-state index >= 15 is 0 Å². The summed E-state index contributed by atoms with van der Waals surface area (Å²) in [5.74, 6) is 1.73. The minimum Gasteiger partial charge on any atom is -0.497 e. The molecule has 5 nitrogen and oxygen atoms in total. The Bertz CT molecular complexity index is 843. The summed E-state index contributed by atoms with van der Waals surface area (Å²) in [7, 11) is 1.62. The maximum absolute atomic E-state index is 12.1. The van der Waals surface area contributed by atoms with Crippen molar-refractivity contribution in [2.75, 3.05) is 13.7 Å². The second-order valence-corrected chi connectivity index (χ2v) is 6.09. The van der Waals surface area contributed by atoms with Gasteiger partial charge >= 0.3 is 0 Å². The van der Waals surface area contributed by atoms with Crippen molar-refractivity contribution >= 4 is 5.91 Å². The number of ether oxygens (including phenoxy) is 1. The summed E-state index contributed by atoms with van der Waals surface area (Å²) in [6, 6.07) is 17.8. The smallest absolute Gasteiger partial charge is 0.224 e. The predicted molar refractivity (Wildman–Crippen MR) is 101 cm³/mol. The summed E-state index contributed by atoms with van der Waals surface area (Å²) in [4.78, 5) is 16.5. The lowest BCUT2D eigenvalue weighted by Gasteiger charge is -2.09. The third-order valence-corrected chi connectivity index (χ3v) is 4.17. The van der Waals surface area contributed by atoms with Crippen LogP contribution in [0.15, 0.2) is 67.0 Å². The SMILES string of the molecule is COc1cccc(CC(=O)NCCc2nccn2Cc2ccccc2)c1. The Kier molecular flexibility index (Phi) is 6.04. The third-order valence-electron chi connectivity index (χ3n) is 4.17. The molecule has 0 fully saturated rings. The zero-order chi connectivity index (χ0) is 18.2. The Morgan fingerprint density at radius 1 is 1.12 bits per heavy atom. The first-order valence-corrected chi connectivity index (χ1v) is 8.68. The molecule has 1 heterocycles. The molecule has 26 heavy (non-hydrogen) atoms. The first-order valence-electron chi connectivity index (χ1n) is 8.68. The molecule has 134 valence electrons. The fourth-order valence-corrected chi connectivity index (χ4v) is 2.84.